The van der Waals surface area contributed by atoms with Crippen LogP contribution in [0.1, 0.15) is 0 Å². The number of esters is 1. The number of alkyl halides is 2. The third kappa shape index (κ3) is 1.79. The summed E-state index contributed by atoms with van der Waals surface area (Å²) in [6, 6.07) is 0. The summed E-state index contributed by atoms with van der Waals surface area (Å²) in [6.07, 6.45) is 3.14. The standard InChI is InChI=1S/C5H4Br2O2/c6-3-1-2-4(8)9-5(3)7/h1-3,5H. The second-order valence-electron chi connectivity index (χ2n) is 1.59. The van der Waals surface area contributed by atoms with E-state index in [0.717, 1.165) is 0 Å². The fourth-order valence-corrected chi connectivity index (χ4v) is 1.09. The molecule has 0 spiro atoms. The molecule has 0 aromatic heterocycles. The lowest BCUT2D eigenvalue weighted by atomic mass is 10.3. The maximum Gasteiger partial charge on any atom is 0.331 e. The van der Waals surface area contributed by atoms with Crippen LogP contribution in [0.4, 0.5) is 0 Å². The maximum absolute atomic E-state index is 10.5. The van der Waals surface area contributed by atoms with Crippen LogP contribution < -0.4 is 0 Å². The first-order valence-electron chi connectivity index (χ1n) is 2.37. The summed E-state index contributed by atoms with van der Waals surface area (Å²) < 4.78 is 4.74. The number of halogens is 2. The zero-order chi connectivity index (χ0) is 6.85. The van der Waals surface area contributed by atoms with Gasteiger partial charge in [-0.1, -0.05) is 22.0 Å². The SMILES string of the molecule is O=C1C=CC(Br)C(Br)O1. The lowest BCUT2D eigenvalue weighted by Crippen LogP contribution is -2.23. The van der Waals surface area contributed by atoms with Crippen LogP contribution >= 0.6 is 31.9 Å². The summed E-state index contributed by atoms with van der Waals surface area (Å²) in [5.41, 5.74) is 0. The molecule has 2 nitrogen and oxygen atoms in total. The number of carbonyl (C=O) groups is 1. The molecule has 0 fully saturated rings. The van der Waals surface area contributed by atoms with E-state index in [4.69, 9.17) is 4.74 Å². The number of hydrogen-bond donors (Lipinski definition) is 0. The molecule has 9 heavy (non-hydrogen) atoms. The zero-order valence-corrected chi connectivity index (χ0v) is 7.55. The quantitative estimate of drug-likeness (QED) is 0.485. The van der Waals surface area contributed by atoms with Crippen LogP contribution in [0.15, 0.2) is 12.2 Å². The summed E-state index contributed by atoms with van der Waals surface area (Å²) >= 11 is 6.42. The van der Waals surface area contributed by atoms with Gasteiger partial charge in [-0.05, 0) is 15.9 Å². The zero-order valence-electron chi connectivity index (χ0n) is 4.38. The van der Waals surface area contributed by atoms with Crippen molar-refractivity contribution in [1.82, 2.24) is 0 Å². The average molecular weight is 256 g/mol. The molecular formula is C5H4Br2O2. The highest BCUT2D eigenvalue weighted by atomic mass is 79.9. The highest BCUT2D eigenvalue weighted by Crippen LogP contribution is 2.20. The lowest BCUT2D eigenvalue weighted by molar-refractivity contribution is -0.139. The van der Waals surface area contributed by atoms with E-state index in [1.807, 2.05) is 0 Å². The van der Waals surface area contributed by atoms with E-state index in [0.29, 0.717) is 0 Å². The smallest absolute Gasteiger partial charge is 0.331 e. The molecule has 0 radical (unpaired) electrons. The third-order valence-corrected chi connectivity index (χ3v) is 3.15. The fraction of sp³-hybridized carbons (Fsp3) is 0.400. The van der Waals surface area contributed by atoms with Crippen LogP contribution in [0.2, 0.25) is 0 Å². The van der Waals surface area contributed by atoms with Gasteiger partial charge >= 0.3 is 5.97 Å². The Morgan fingerprint density at radius 2 is 2.22 bits per heavy atom. The van der Waals surface area contributed by atoms with E-state index >= 15 is 0 Å². The van der Waals surface area contributed by atoms with E-state index in [1.54, 1.807) is 6.08 Å². The van der Waals surface area contributed by atoms with Crippen molar-refractivity contribution >= 4 is 37.8 Å². The molecule has 2 atom stereocenters. The van der Waals surface area contributed by atoms with Gasteiger partial charge in [-0.2, -0.15) is 0 Å². The highest BCUT2D eigenvalue weighted by Gasteiger charge is 2.20. The summed E-state index contributed by atoms with van der Waals surface area (Å²) in [4.78, 5) is 10.6. The van der Waals surface area contributed by atoms with Gasteiger partial charge in [0.2, 0.25) is 0 Å². The van der Waals surface area contributed by atoms with Crippen molar-refractivity contribution in [3.05, 3.63) is 12.2 Å². The molecule has 1 rings (SSSR count). The van der Waals surface area contributed by atoms with Crippen molar-refractivity contribution in [2.75, 3.05) is 0 Å². The summed E-state index contributed by atoms with van der Waals surface area (Å²) in [6.45, 7) is 0. The van der Waals surface area contributed by atoms with E-state index in [9.17, 15) is 4.79 Å². The number of ether oxygens (including phenoxy) is 1. The molecule has 0 amide bonds. The van der Waals surface area contributed by atoms with Crippen LogP contribution in [0, 0.1) is 0 Å². The highest BCUT2D eigenvalue weighted by molar-refractivity contribution is 9.12. The van der Waals surface area contributed by atoms with Crippen LogP contribution in [0.5, 0.6) is 0 Å². The van der Waals surface area contributed by atoms with E-state index in [-0.39, 0.29) is 15.8 Å². The van der Waals surface area contributed by atoms with Gasteiger partial charge in [-0.15, -0.1) is 0 Å². The van der Waals surface area contributed by atoms with Gasteiger partial charge in [-0.25, -0.2) is 4.79 Å². The first-order valence-corrected chi connectivity index (χ1v) is 4.20. The molecule has 50 valence electrons. The molecule has 1 heterocycles. The van der Waals surface area contributed by atoms with Gasteiger partial charge < -0.3 is 4.74 Å². The van der Waals surface area contributed by atoms with Crippen molar-refractivity contribution in [3.8, 4) is 0 Å². The largest absolute Gasteiger partial charge is 0.446 e. The van der Waals surface area contributed by atoms with Gasteiger partial charge in [-0.3, -0.25) is 0 Å². The number of rotatable bonds is 0. The molecule has 0 N–H and O–H groups in total. The molecule has 0 aromatic carbocycles. The molecule has 2 unspecified atom stereocenters. The summed E-state index contributed by atoms with van der Waals surface area (Å²) in [7, 11) is 0. The Bertz CT molecular complexity index is 155. The third-order valence-electron chi connectivity index (χ3n) is 0.895. The van der Waals surface area contributed by atoms with Gasteiger partial charge in [0.15, 0.2) is 5.01 Å². The number of hydrogen-bond acceptors (Lipinski definition) is 2. The second kappa shape index (κ2) is 2.84. The summed E-state index contributed by atoms with van der Waals surface area (Å²) in [5, 5.41) is -0.227. The fourth-order valence-electron chi connectivity index (χ4n) is 0.473. The van der Waals surface area contributed by atoms with E-state index < -0.39 is 0 Å². The molecule has 0 aromatic rings. The monoisotopic (exact) mass is 254 g/mol. The lowest BCUT2D eigenvalue weighted by Gasteiger charge is -2.16. The number of cyclic esters (lactones) is 1. The Morgan fingerprint density at radius 1 is 1.56 bits per heavy atom. The van der Waals surface area contributed by atoms with Crippen LogP contribution in [0.25, 0.3) is 0 Å². The molecule has 4 heteroatoms. The first-order chi connectivity index (χ1) is 4.20. The Kier molecular flexibility index (Phi) is 2.29. The van der Waals surface area contributed by atoms with Crippen molar-refractivity contribution in [2.45, 2.75) is 9.84 Å². The van der Waals surface area contributed by atoms with Crippen molar-refractivity contribution in [1.29, 1.82) is 0 Å². The van der Waals surface area contributed by atoms with Crippen molar-refractivity contribution in [2.24, 2.45) is 0 Å². The Balaban J connectivity index is 2.65. The molecule has 0 aliphatic carbocycles. The molecule has 1 aliphatic rings. The Morgan fingerprint density at radius 3 is 2.67 bits per heavy atom. The average Bonchev–Trinajstić information content (AvgIpc) is 1.80. The van der Waals surface area contributed by atoms with E-state index in [2.05, 4.69) is 31.9 Å². The van der Waals surface area contributed by atoms with Crippen molar-refractivity contribution < 1.29 is 9.53 Å². The van der Waals surface area contributed by atoms with Gasteiger partial charge in [0.25, 0.3) is 0 Å². The molecule has 0 saturated carbocycles. The molecule has 0 bridgehead atoms. The summed E-state index contributed by atoms with van der Waals surface area (Å²) in [5.74, 6) is -0.299. The minimum Gasteiger partial charge on any atom is -0.446 e. The normalized spacial score (nSPS) is 34.2. The molecule has 1 aliphatic heterocycles. The predicted molar refractivity (Wildman–Crippen MR) is 40.7 cm³/mol. The van der Waals surface area contributed by atoms with Gasteiger partial charge in [0.1, 0.15) is 0 Å². The minimum absolute atomic E-state index is 0.0928. The van der Waals surface area contributed by atoms with Crippen LogP contribution in [0.3, 0.4) is 0 Å². The molecule has 0 saturated heterocycles. The van der Waals surface area contributed by atoms with Gasteiger partial charge in [0.05, 0.1) is 4.83 Å². The Labute approximate surface area is 69.5 Å². The van der Waals surface area contributed by atoms with E-state index in [1.165, 1.54) is 6.08 Å². The van der Waals surface area contributed by atoms with Crippen molar-refractivity contribution in [3.63, 3.8) is 0 Å². The predicted octanol–water partition coefficient (Wildman–Crippen LogP) is 1.58. The Hall–Kier alpha value is 0.170. The number of carbonyl (C=O) groups excluding carboxylic acids is 1. The minimum atomic E-state index is -0.299. The van der Waals surface area contributed by atoms with Crippen LogP contribution in [-0.4, -0.2) is 15.8 Å². The van der Waals surface area contributed by atoms with Gasteiger partial charge in [0, 0.05) is 6.08 Å². The maximum atomic E-state index is 10.5. The topological polar surface area (TPSA) is 26.3 Å². The second-order valence-corrected chi connectivity index (χ2v) is 3.55. The molecular weight excluding hydrogens is 252 g/mol. The first kappa shape index (κ1) is 7.28. The van der Waals surface area contributed by atoms with Crippen LogP contribution in [-0.2, 0) is 9.53 Å².